The number of nitrogens with one attached hydrogen (secondary N) is 2. The summed E-state index contributed by atoms with van der Waals surface area (Å²) in [5.74, 6) is 0.529. The molecule has 2 amide bonds. The van der Waals surface area contributed by atoms with Crippen molar-refractivity contribution in [2.24, 2.45) is 11.8 Å². The first-order chi connectivity index (χ1) is 15.9. The molecule has 6 heteroatoms. The molecule has 34 heavy (non-hydrogen) atoms. The Morgan fingerprint density at radius 1 is 0.706 bits per heavy atom. The maximum Gasteiger partial charge on any atom is 0.222 e. The van der Waals surface area contributed by atoms with Crippen molar-refractivity contribution in [3.05, 3.63) is 35.4 Å². The monoisotopic (exact) mass is 476 g/mol. The van der Waals surface area contributed by atoms with Gasteiger partial charge in [0.15, 0.2) is 0 Å². The van der Waals surface area contributed by atoms with Crippen molar-refractivity contribution in [3.8, 4) is 0 Å². The molecule has 0 heterocycles. The van der Waals surface area contributed by atoms with Crippen molar-refractivity contribution >= 4 is 11.8 Å². The van der Waals surface area contributed by atoms with Crippen LogP contribution in [0.2, 0.25) is 0 Å². The largest absolute Gasteiger partial charge is 0.356 e. The van der Waals surface area contributed by atoms with Gasteiger partial charge in [-0.2, -0.15) is 0 Å². The summed E-state index contributed by atoms with van der Waals surface area (Å²) in [6.07, 6.45) is 3.74. The number of rotatable bonds is 16. The summed E-state index contributed by atoms with van der Waals surface area (Å²) in [5.41, 5.74) is 2.69. The van der Waals surface area contributed by atoms with E-state index in [9.17, 15) is 9.59 Å². The zero-order chi connectivity index (χ0) is 25.8. The summed E-state index contributed by atoms with van der Waals surface area (Å²) in [7, 11) is 9.02. The van der Waals surface area contributed by atoms with E-state index >= 15 is 0 Å². The van der Waals surface area contributed by atoms with Gasteiger partial charge in [0.25, 0.3) is 0 Å². The number of benzene rings is 1. The molecule has 194 valence electrons. The molecule has 1 aromatic carbocycles. The van der Waals surface area contributed by atoms with Gasteiger partial charge in [0.1, 0.15) is 13.1 Å². The van der Waals surface area contributed by atoms with E-state index in [1.54, 1.807) is 0 Å². The Bertz CT molecular complexity index is 680. The predicted molar refractivity (Wildman–Crippen MR) is 142 cm³/mol. The Kier molecular flexibility index (Phi) is 12.8. The van der Waals surface area contributed by atoms with Gasteiger partial charge in [-0.3, -0.25) is 9.59 Å². The topological polar surface area (TPSA) is 58.2 Å². The van der Waals surface area contributed by atoms with Gasteiger partial charge in [0, 0.05) is 48.9 Å². The van der Waals surface area contributed by atoms with Gasteiger partial charge >= 0.3 is 0 Å². The summed E-state index contributed by atoms with van der Waals surface area (Å²) in [4.78, 5) is 23.8. The molecule has 2 unspecified atom stereocenters. The van der Waals surface area contributed by atoms with Gasteiger partial charge in [-0.05, 0) is 12.8 Å². The highest BCUT2D eigenvalue weighted by Gasteiger charge is 2.19. The van der Waals surface area contributed by atoms with Crippen molar-refractivity contribution < 1.29 is 18.6 Å². The van der Waals surface area contributed by atoms with Crippen LogP contribution in [0.15, 0.2) is 24.3 Å². The van der Waals surface area contributed by atoms with Crippen molar-refractivity contribution in [1.29, 1.82) is 0 Å². The molecule has 0 aromatic heterocycles. The van der Waals surface area contributed by atoms with Crippen molar-refractivity contribution in [1.82, 2.24) is 10.6 Å². The van der Waals surface area contributed by atoms with Crippen LogP contribution in [0, 0.1) is 11.8 Å². The van der Waals surface area contributed by atoms with E-state index in [0.717, 1.165) is 73.9 Å². The van der Waals surface area contributed by atoms with Gasteiger partial charge in [0.2, 0.25) is 11.8 Å². The summed E-state index contributed by atoms with van der Waals surface area (Å²) in [5, 5.41) is 6.12. The molecule has 1 aromatic rings. The molecule has 0 saturated carbocycles. The summed E-state index contributed by atoms with van der Waals surface area (Å²) in [6, 6.07) is 9.03. The lowest BCUT2D eigenvalue weighted by atomic mass is 10.1. The summed E-state index contributed by atoms with van der Waals surface area (Å²) >= 11 is 0. The molecule has 0 aliphatic heterocycles. The van der Waals surface area contributed by atoms with Crippen LogP contribution >= 0.6 is 0 Å². The standard InChI is InChI=1S/C28H50N4O2/c1-9-23(3)27(33)29-17-11-19-31(5,6)21-25-13-15-26(16-14-25)22-32(7,8)20-12-18-30-28(34)24(4)10-2/h13-16,23-24H,9-12,17-22H2,1-8H3/p+2. The number of carbonyl (C=O) groups is 2. The van der Waals surface area contributed by atoms with Gasteiger partial charge in [0.05, 0.1) is 41.3 Å². The van der Waals surface area contributed by atoms with Crippen LogP contribution in [0.25, 0.3) is 0 Å². The number of quaternary nitrogens is 2. The average Bonchev–Trinajstić information content (AvgIpc) is 2.79. The normalized spacial score (nSPS) is 13.9. The molecule has 6 nitrogen and oxygen atoms in total. The van der Waals surface area contributed by atoms with Crippen LogP contribution in [-0.4, -0.2) is 75.2 Å². The third-order valence-corrected chi connectivity index (χ3v) is 6.84. The van der Waals surface area contributed by atoms with Gasteiger partial charge < -0.3 is 19.6 Å². The molecule has 2 atom stereocenters. The number of amides is 2. The molecule has 2 N–H and O–H groups in total. The Hall–Kier alpha value is -1.92. The zero-order valence-electron chi connectivity index (χ0n) is 23.2. The molecule has 0 bridgehead atoms. The molecule has 0 fully saturated rings. The highest BCUT2D eigenvalue weighted by atomic mass is 16.2. The second kappa shape index (κ2) is 14.5. The Morgan fingerprint density at radius 2 is 1.03 bits per heavy atom. The minimum absolute atomic E-state index is 0.0973. The SMILES string of the molecule is CCC(C)C(=O)NCCC[N+](C)(C)Cc1ccc(C[N+](C)(C)CCCNC(=O)C(C)CC)cc1. The molecule has 0 saturated heterocycles. The quantitative estimate of drug-likeness (QED) is 0.280. The van der Waals surface area contributed by atoms with E-state index in [4.69, 9.17) is 0 Å². The molecular formula is C28H52N4O2+2. The van der Waals surface area contributed by atoms with E-state index < -0.39 is 0 Å². The minimum atomic E-state index is 0.0973. The molecule has 0 aliphatic carbocycles. The Labute approximate surface area is 209 Å². The number of nitrogens with zero attached hydrogens (tertiary/aromatic N) is 2. The lowest BCUT2D eigenvalue weighted by molar-refractivity contribution is -0.904. The Balaban J connectivity index is 2.42. The zero-order valence-corrected chi connectivity index (χ0v) is 23.2. The third-order valence-electron chi connectivity index (χ3n) is 6.84. The second-order valence-electron chi connectivity index (χ2n) is 11.4. The van der Waals surface area contributed by atoms with Crippen molar-refractivity contribution in [3.63, 3.8) is 0 Å². The fourth-order valence-corrected chi connectivity index (χ4v) is 4.05. The van der Waals surface area contributed by atoms with Gasteiger partial charge in [-0.1, -0.05) is 52.0 Å². The van der Waals surface area contributed by atoms with E-state index in [0.29, 0.717) is 0 Å². The van der Waals surface area contributed by atoms with E-state index in [1.807, 2.05) is 27.7 Å². The average molecular weight is 477 g/mol. The minimum Gasteiger partial charge on any atom is -0.356 e. The first-order valence-electron chi connectivity index (χ1n) is 13.2. The van der Waals surface area contributed by atoms with E-state index in [-0.39, 0.29) is 23.7 Å². The maximum absolute atomic E-state index is 11.9. The molecule has 0 spiro atoms. The van der Waals surface area contributed by atoms with Crippen LogP contribution < -0.4 is 10.6 Å². The first kappa shape index (κ1) is 30.1. The van der Waals surface area contributed by atoms with Crippen LogP contribution in [0.5, 0.6) is 0 Å². The predicted octanol–water partition coefficient (Wildman–Crippen LogP) is 3.94. The van der Waals surface area contributed by atoms with Crippen molar-refractivity contribution in [2.45, 2.75) is 66.5 Å². The number of hydrogen-bond donors (Lipinski definition) is 2. The fraction of sp³-hybridized carbons (Fsp3) is 0.714. The number of carbonyl (C=O) groups excluding carboxylic acids is 2. The third kappa shape index (κ3) is 12.0. The smallest absolute Gasteiger partial charge is 0.222 e. The molecule has 0 aliphatic rings. The van der Waals surface area contributed by atoms with Crippen LogP contribution in [-0.2, 0) is 22.7 Å². The van der Waals surface area contributed by atoms with Crippen molar-refractivity contribution in [2.75, 3.05) is 54.4 Å². The lowest BCUT2D eigenvalue weighted by Gasteiger charge is -2.31. The number of hydrogen-bond acceptors (Lipinski definition) is 2. The van der Waals surface area contributed by atoms with Gasteiger partial charge in [-0.25, -0.2) is 0 Å². The first-order valence-corrected chi connectivity index (χ1v) is 13.2. The van der Waals surface area contributed by atoms with Crippen LogP contribution in [0.4, 0.5) is 0 Å². The van der Waals surface area contributed by atoms with Crippen LogP contribution in [0.1, 0.15) is 64.5 Å². The molecule has 1 rings (SSSR count). The summed E-state index contributed by atoms with van der Waals surface area (Å²) in [6.45, 7) is 13.6. The van der Waals surface area contributed by atoms with Crippen LogP contribution in [0.3, 0.4) is 0 Å². The van der Waals surface area contributed by atoms with Gasteiger partial charge in [-0.15, -0.1) is 0 Å². The lowest BCUT2D eigenvalue weighted by Crippen LogP contribution is -2.41. The molecule has 0 radical (unpaired) electrons. The summed E-state index contributed by atoms with van der Waals surface area (Å²) < 4.78 is 1.81. The highest BCUT2D eigenvalue weighted by molar-refractivity contribution is 5.78. The second-order valence-corrected chi connectivity index (χ2v) is 11.4. The Morgan fingerprint density at radius 3 is 1.32 bits per heavy atom. The highest BCUT2D eigenvalue weighted by Crippen LogP contribution is 2.15. The van der Waals surface area contributed by atoms with E-state index in [1.165, 1.54) is 11.1 Å². The fourth-order valence-electron chi connectivity index (χ4n) is 4.05. The molecular weight excluding hydrogens is 424 g/mol. The van der Waals surface area contributed by atoms with E-state index in [2.05, 4.69) is 63.1 Å². The maximum atomic E-state index is 11.9.